The van der Waals surface area contributed by atoms with Crippen molar-refractivity contribution in [3.63, 3.8) is 0 Å². The maximum atomic E-state index is 11.9. The number of rotatable bonds is 9. The molecule has 1 atom stereocenters. The number of methoxy groups -OCH3 is 1. The fourth-order valence-electron chi connectivity index (χ4n) is 2.01. The van der Waals surface area contributed by atoms with Gasteiger partial charge in [0, 0.05) is 12.8 Å². The van der Waals surface area contributed by atoms with E-state index >= 15 is 0 Å². The third-order valence-electron chi connectivity index (χ3n) is 3.15. The number of esters is 1. The van der Waals surface area contributed by atoms with Gasteiger partial charge in [0.1, 0.15) is 11.8 Å². The molecule has 0 saturated heterocycles. The first-order chi connectivity index (χ1) is 10.9. The van der Waals surface area contributed by atoms with Crippen molar-refractivity contribution < 1.29 is 23.5 Å². The molecule has 7 nitrogen and oxygen atoms in total. The van der Waals surface area contributed by atoms with Crippen LogP contribution in [0, 0.1) is 5.92 Å². The van der Waals surface area contributed by atoms with Crippen molar-refractivity contribution in [2.75, 3.05) is 7.11 Å². The highest BCUT2D eigenvalue weighted by Gasteiger charge is 2.22. The van der Waals surface area contributed by atoms with Crippen LogP contribution in [-0.4, -0.2) is 30.9 Å². The fraction of sp³-hybridized carbons (Fsp3) is 0.562. The van der Waals surface area contributed by atoms with Crippen molar-refractivity contribution in [3.8, 4) is 0 Å². The Kier molecular flexibility index (Phi) is 7.87. The van der Waals surface area contributed by atoms with Gasteiger partial charge in [0.05, 0.1) is 19.9 Å². The molecule has 0 aliphatic heterocycles. The molecule has 0 saturated carbocycles. The van der Waals surface area contributed by atoms with E-state index < -0.39 is 12.0 Å². The monoisotopic (exact) mass is 324 g/mol. The highest BCUT2D eigenvalue weighted by Crippen LogP contribution is 2.07. The van der Waals surface area contributed by atoms with E-state index in [9.17, 15) is 14.4 Å². The molecule has 0 bridgehead atoms. The quantitative estimate of drug-likeness (QED) is 0.669. The topological polar surface area (TPSA) is 97.6 Å². The fourth-order valence-corrected chi connectivity index (χ4v) is 2.01. The minimum absolute atomic E-state index is 0.00950. The maximum absolute atomic E-state index is 11.9. The molecule has 23 heavy (non-hydrogen) atoms. The molecule has 0 radical (unpaired) electrons. The van der Waals surface area contributed by atoms with Crippen LogP contribution in [0.15, 0.2) is 22.8 Å². The van der Waals surface area contributed by atoms with E-state index in [0.717, 1.165) is 0 Å². The van der Waals surface area contributed by atoms with E-state index in [4.69, 9.17) is 4.42 Å². The van der Waals surface area contributed by atoms with E-state index in [2.05, 4.69) is 15.4 Å². The summed E-state index contributed by atoms with van der Waals surface area (Å²) in [5.74, 6) is -0.208. The molecule has 1 aromatic heterocycles. The van der Waals surface area contributed by atoms with E-state index in [1.54, 1.807) is 12.1 Å². The third kappa shape index (κ3) is 7.49. The lowest BCUT2D eigenvalue weighted by Crippen LogP contribution is -2.42. The van der Waals surface area contributed by atoms with Gasteiger partial charge in [-0.05, 0) is 24.5 Å². The molecule has 128 valence electrons. The van der Waals surface area contributed by atoms with Gasteiger partial charge >= 0.3 is 5.97 Å². The van der Waals surface area contributed by atoms with Crippen LogP contribution < -0.4 is 10.6 Å². The molecule has 1 unspecified atom stereocenters. The molecule has 0 aliphatic carbocycles. The Morgan fingerprint density at radius 2 is 1.91 bits per heavy atom. The largest absolute Gasteiger partial charge is 0.467 e. The second-order valence-electron chi connectivity index (χ2n) is 5.63. The SMILES string of the molecule is COC(=O)C(CC(C)C)NC(=O)CCC(=O)NCc1ccco1. The highest BCUT2D eigenvalue weighted by atomic mass is 16.5. The molecule has 0 fully saturated rings. The average molecular weight is 324 g/mol. The predicted molar refractivity (Wildman–Crippen MR) is 83.2 cm³/mol. The number of carbonyl (C=O) groups excluding carboxylic acids is 3. The minimum atomic E-state index is -0.682. The molecule has 2 N–H and O–H groups in total. The van der Waals surface area contributed by atoms with Crippen LogP contribution in [0.3, 0.4) is 0 Å². The van der Waals surface area contributed by atoms with Gasteiger partial charge < -0.3 is 19.8 Å². The number of ether oxygens (including phenoxy) is 1. The number of amides is 2. The zero-order valence-electron chi connectivity index (χ0n) is 13.8. The smallest absolute Gasteiger partial charge is 0.328 e. The Morgan fingerprint density at radius 1 is 1.22 bits per heavy atom. The number of furan rings is 1. The van der Waals surface area contributed by atoms with Crippen molar-refractivity contribution in [2.45, 2.75) is 45.7 Å². The molecule has 1 aromatic rings. The number of nitrogens with one attached hydrogen (secondary N) is 2. The van der Waals surface area contributed by atoms with Crippen LogP contribution in [0.2, 0.25) is 0 Å². The number of hydrogen-bond donors (Lipinski definition) is 2. The lowest BCUT2D eigenvalue weighted by atomic mass is 10.0. The Labute approximate surface area is 135 Å². The lowest BCUT2D eigenvalue weighted by molar-refractivity contribution is -0.145. The number of carbonyl (C=O) groups is 3. The second-order valence-corrected chi connectivity index (χ2v) is 5.63. The van der Waals surface area contributed by atoms with Crippen molar-refractivity contribution in [2.24, 2.45) is 5.92 Å². The van der Waals surface area contributed by atoms with E-state index in [1.165, 1.54) is 13.4 Å². The summed E-state index contributed by atoms with van der Waals surface area (Å²) in [4.78, 5) is 35.2. The summed E-state index contributed by atoms with van der Waals surface area (Å²) in [5.41, 5.74) is 0. The highest BCUT2D eigenvalue weighted by molar-refractivity contribution is 5.87. The van der Waals surface area contributed by atoms with Gasteiger partial charge in [-0.25, -0.2) is 4.79 Å². The summed E-state index contributed by atoms with van der Waals surface area (Å²) in [6, 6.07) is 2.80. The predicted octanol–water partition coefficient (Wildman–Crippen LogP) is 1.38. The van der Waals surface area contributed by atoms with E-state index in [1.807, 2.05) is 13.8 Å². The van der Waals surface area contributed by atoms with Crippen LogP contribution in [0.1, 0.15) is 38.9 Å². The van der Waals surface area contributed by atoms with Crippen LogP contribution in [-0.2, 0) is 25.7 Å². The Balaban J connectivity index is 2.33. The molecule has 1 heterocycles. The Bertz CT molecular complexity index is 511. The van der Waals surface area contributed by atoms with E-state index in [0.29, 0.717) is 12.2 Å². The molecular formula is C16H24N2O5. The van der Waals surface area contributed by atoms with Gasteiger partial charge in [0.2, 0.25) is 11.8 Å². The first-order valence-electron chi connectivity index (χ1n) is 7.58. The molecule has 0 aliphatic rings. The first-order valence-corrected chi connectivity index (χ1v) is 7.58. The molecule has 7 heteroatoms. The summed E-state index contributed by atoms with van der Waals surface area (Å²) < 4.78 is 9.77. The second kappa shape index (κ2) is 9.66. The van der Waals surface area contributed by atoms with Crippen LogP contribution >= 0.6 is 0 Å². The normalized spacial score (nSPS) is 11.8. The summed E-state index contributed by atoms with van der Waals surface area (Å²) in [6.07, 6.45) is 2.07. The van der Waals surface area contributed by atoms with Crippen molar-refractivity contribution in [1.82, 2.24) is 10.6 Å². The molecule has 2 amide bonds. The van der Waals surface area contributed by atoms with Gasteiger partial charge in [-0.3, -0.25) is 9.59 Å². The van der Waals surface area contributed by atoms with Gasteiger partial charge in [-0.15, -0.1) is 0 Å². The van der Waals surface area contributed by atoms with E-state index in [-0.39, 0.29) is 37.1 Å². The van der Waals surface area contributed by atoms with Crippen LogP contribution in [0.25, 0.3) is 0 Å². The summed E-state index contributed by atoms with van der Waals surface area (Å²) >= 11 is 0. The van der Waals surface area contributed by atoms with Gasteiger partial charge in [0.25, 0.3) is 0 Å². The summed E-state index contributed by atoms with van der Waals surface area (Å²) in [5, 5.41) is 5.27. The van der Waals surface area contributed by atoms with Crippen LogP contribution in [0.5, 0.6) is 0 Å². The molecule has 0 spiro atoms. The Hall–Kier alpha value is -2.31. The first kappa shape index (κ1) is 18.7. The van der Waals surface area contributed by atoms with Gasteiger partial charge in [-0.1, -0.05) is 13.8 Å². The minimum Gasteiger partial charge on any atom is -0.467 e. The van der Waals surface area contributed by atoms with Crippen molar-refractivity contribution in [3.05, 3.63) is 24.2 Å². The Morgan fingerprint density at radius 3 is 2.48 bits per heavy atom. The molecule has 0 aromatic carbocycles. The van der Waals surface area contributed by atoms with Gasteiger partial charge in [0.15, 0.2) is 0 Å². The summed E-state index contributed by atoms with van der Waals surface area (Å²) in [6.45, 7) is 4.18. The van der Waals surface area contributed by atoms with Crippen molar-refractivity contribution in [1.29, 1.82) is 0 Å². The standard InChI is InChI=1S/C16H24N2O5/c1-11(2)9-13(16(21)22-3)18-15(20)7-6-14(19)17-10-12-5-4-8-23-12/h4-5,8,11,13H,6-7,9-10H2,1-3H3,(H,17,19)(H,18,20). The zero-order valence-corrected chi connectivity index (χ0v) is 13.8. The maximum Gasteiger partial charge on any atom is 0.328 e. The lowest BCUT2D eigenvalue weighted by Gasteiger charge is -2.18. The van der Waals surface area contributed by atoms with Crippen LogP contribution in [0.4, 0.5) is 0 Å². The van der Waals surface area contributed by atoms with Crippen molar-refractivity contribution >= 4 is 17.8 Å². The number of hydrogen-bond acceptors (Lipinski definition) is 5. The third-order valence-corrected chi connectivity index (χ3v) is 3.15. The molecule has 1 rings (SSSR count). The zero-order chi connectivity index (χ0) is 17.2. The average Bonchev–Trinajstić information content (AvgIpc) is 3.02. The van der Waals surface area contributed by atoms with Gasteiger partial charge in [-0.2, -0.15) is 0 Å². The molecular weight excluding hydrogens is 300 g/mol. The summed E-state index contributed by atoms with van der Waals surface area (Å²) in [7, 11) is 1.28.